The number of benzene rings is 1. The molecule has 0 spiro atoms. The smallest absolute Gasteiger partial charge is 0.262 e. The van der Waals surface area contributed by atoms with Crippen molar-refractivity contribution in [2.45, 2.75) is 18.7 Å². The third-order valence-electron chi connectivity index (χ3n) is 3.79. The fraction of sp³-hybridized carbons (Fsp3) is 0.462. The summed E-state index contributed by atoms with van der Waals surface area (Å²) in [6, 6.07) is 1.02. The molecule has 2 unspecified atom stereocenters. The fourth-order valence-corrected chi connectivity index (χ4v) is 3.40. The van der Waals surface area contributed by atoms with Crippen LogP contribution in [0, 0.1) is 23.5 Å². The van der Waals surface area contributed by atoms with Gasteiger partial charge >= 0.3 is 0 Å². The molecule has 1 aromatic rings. The molecule has 0 saturated carbocycles. The summed E-state index contributed by atoms with van der Waals surface area (Å²) in [6.07, 6.45) is 0. The van der Waals surface area contributed by atoms with Crippen molar-refractivity contribution in [3.05, 3.63) is 29.3 Å². The quantitative estimate of drug-likeness (QED) is 0.779. The Labute approximate surface area is 126 Å². The first kappa shape index (κ1) is 16.2. The number of carbonyl (C=O) groups is 1. The van der Waals surface area contributed by atoms with Crippen molar-refractivity contribution in [2.24, 2.45) is 11.8 Å². The van der Waals surface area contributed by atoms with Crippen molar-refractivity contribution in [1.29, 1.82) is 0 Å². The lowest BCUT2D eigenvalue weighted by Crippen LogP contribution is -2.30. The molecule has 1 amide bonds. The average Bonchev–Trinajstić information content (AvgIpc) is 2.70. The maximum atomic E-state index is 13.4. The van der Waals surface area contributed by atoms with E-state index in [4.69, 9.17) is 10.7 Å². The molecule has 8 heteroatoms. The van der Waals surface area contributed by atoms with E-state index in [-0.39, 0.29) is 11.8 Å². The van der Waals surface area contributed by atoms with Crippen LogP contribution in [-0.2, 0) is 9.05 Å². The van der Waals surface area contributed by atoms with Crippen LogP contribution >= 0.6 is 10.7 Å². The van der Waals surface area contributed by atoms with Crippen LogP contribution in [0.25, 0.3) is 0 Å². The van der Waals surface area contributed by atoms with Crippen molar-refractivity contribution >= 4 is 25.6 Å². The molecular formula is C13H14ClF2NO3S. The first-order valence-corrected chi connectivity index (χ1v) is 8.65. The van der Waals surface area contributed by atoms with E-state index < -0.39 is 37.1 Å². The highest BCUT2D eigenvalue weighted by Crippen LogP contribution is 2.28. The van der Waals surface area contributed by atoms with Crippen molar-refractivity contribution in [3.8, 4) is 0 Å². The van der Waals surface area contributed by atoms with E-state index in [0.717, 1.165) is 0 Å². The summed E-state index contributed by atoms with van der Waals surface area (Å²) in [7, 11) is 0.852. The maximum Gasteiger partial charge on any atom is 0.262 e. The van der Waals surface area contributed by atoms with Gasteiger partial charge in [-0.05, 0) is 24.0 Å². The summed E-state index contributed by atoms with van der Waals surface area (Å²) in [6.45, 7) is 4.78. The largest absolute Gasteiger partial charge is 0.338 e. The Bertz CT molecular complexity index is 683. The molecule has 1 aliphatic heterocycles. The standard InChI is InChI=1S/C13H14ClF2NO3S/c1-7-5-17(6-8(7)2)13(18)9-3-10(15)11(16)4-12(9)21(14,19)20/h3-4,7-8H,5-6H2,1-2H3. The predicted molar refractivity (Wildman–Crippen MR) is 73.6 cm³/mol. The Morgan fingerprint density at radius 1 is 1.19 bits per heavy atom. The van der Waals surface area contributed by atoms with E-state index in [1.165, 1.54) is 4.90 Å². The van der Waals surface area contributed by atoms with Gasteiger partial charge in [0, 0.05) is 23.8 Å². The number of hydrogen-bond donors (Lipinski definition) is 0. The lowest BCUT2D eigenvalue weighted by molar-refractivity contribution is 0.0780. The number of likely N-dealkylation sites (tertiary alicyclic amines) is 1. The minimum Gasteiger partial charge on any atom is -0.338 e. The molecule has 0 aliphatic carbocycles. The molecule has 0 N–H and O–H groups in total. The molecule has 1 heterocycles. The van der Waals surface area contributed by atoms with E-state index in [0.29, 0.717) is 25.2 Å². The van der Waals surface area contributed by atoms with Gasteiger partial charge in [0.05, 0.1) is 10.5 Å². The number of rotatable bonds is 2. The summed E-state index contributed by atoms with van der Waals surface area (Å²) < 4.78 is 49.5. The molecule has 21 heavy (non-hydrogen) atoms. The Kier molecular flexibility index (Phi) is 4.26. The van der Waals surface area contributed by atoms with E-state index in [1.54, 1.807) is 0 Å². The molecule has 0 bridgehead atoms. The van der Waals surface area contributed by atoms with Crippen molar-refractivity contribution < 1.29 is 22.0 Å². The van der Waals surface area contributed by atoms with Gasteiger partial charge in [0.15, 0.2) is 11.6 Å². The fourth-order valence-electron chi connectivity index (χ4n) is 2.36. The second-order valence-corrected chi connectivity index (χ2v) is 7.90. The number of nitrogens with zero attached hydrogens (tertiary/aromatic N) is 1. The molecule has 4 nitrogen and oxygen atoms in total. The van der Waals surface area contributed by atoms with Gasteiger partial charge in [-0.3, -0.25) is 4.79 Å². The third kappa shape index (κ3) is 3.18. The number of amides is 1. The van der Waals surface area contributed by atoms with Gasteiger partial charge in [-0.25, -0.2) is 17.2 Å². The van der Waals surface area contributed by atoms with Crippen LogP contribution in [0.3, 0.4) is 0 Å². The molecule has 0 radical (unpaired) electrons. The minimum absolute atomic E-state index is 0.246. The summed E-state index contributed by atoms with van der Waals surface area (Å²) in [4.78, 5) is 13.1. The second kappa shape index (κ2) is 5.53. The molecule has 116 valence electrons. The van der Waals surface area contributed by atoms with Gasteiger partial charge in [-0.2, -0.15) is 0 Å². The number of hydrogen-bond acceptors (Lipinski definition) is 3. The maximum absolute atomic E-state index is 13.4. The zero-order valence-corrected chi connectivity index (χ0v) is 13.0. The van der Waals surface area contributed by atoms with Gasteiger partial charge in [0.25, 0.3) is 15.0 Å². The van der Waals surface area contributed by atoms with E-state index >= 15 is 0 Å². The number of halogens is 3. The molecule has 1 saturated heterocycles. The van der Waals surface area contributed by atoms with Crippen LogP contribution < -0.4 is 0 Å². The van der Waals surface area contributed by atoms with Gasteiger partial charge in [-0.15, -0.1) is 0 Å². The zero-order chi connectivity index (χ0) is 15.9. The van der Waals surface area contributed by atoms with Crippen LogP contribution in [0.4, 0.5) is 8.78 Å². The van der Waals surface area contributed by atoms with Crippen LogP contribution in [0.2, 0.25) is 0 Å². The molecular weight excluding hydrogens is 324 g/mol. The normalized spacial score (nSPS) is 22.6. The monoisotopic (exact) mass is 337 g/mol. The molecule has 1 aliphatic rings. The van der Waals surface area contributed by atoms with Crippen molar-refractivity contribution in [3.63, 3.8) is 0 Å². The van der Waals surface area contributed by atoms with Crippen molar-refractivity contribution in [1.82, 2.24) is 4.90 Å². The first-order valence-electron chi connectivity index (χ1n) is 6.34. The molecule has 2 rings (SSSR count). The van der Waals surface area contributed by atoms with Gasteiger partial charge in [0.1, 0.15) is 0 Å². The van der Waals surface area contributed by atoms with Gasteiger partial charge < -0.3 is 4.90 Å². The summed E-state index contributed by atoms with van der Waals surface area (Å²) >= 11 is 0. The first-order chi connectivity index (χ1) is 9.61. The van der Waals surface area contributed by atoms with Crippen LogP contribution in [0.15, 0.2) is 17.0 Å². The summed E-state index contributed by atoms with van der Waals surface area (Å²) in [5.74, 6) is -2.83. The topological polar surface area (TPSA) is 54.5 Å². The SMILES string of the molecule is CC1CN(C(=O)c2cc(F)c(F)cc2S(=O)(=O)Cl)CC1C. The van der Waals surface area contributed by atoms with Crippen molar-refractivity contribution in [2.75, 3.05) is 13.1 Å². The highest BCUT2D eigenvalue weighted by atomic mass is 35.7. The lowest BCUT2D eigenvalue weighted by Gasteiger charge is -2.17. The molecule has 0 aromatic heterocycles. The van der Waals surface area contributed by atoms with E-state index in [1.807, 2.05) is 13.8 Å². The zero-order valence-electron chi connectivity index (χ0n) is 11.4. The Balaban J connectivity index is 2.48. The molecule has 1 aromatic carbocycles. The molecule has 2 atom stereocenters. The average molecular weight is 338 g/mol. The summed E-state index contributed by atoms with van der Waals surface area (Å²) in [5, 5.41) is 0. The third-order valence-corrected chi connectivity index (χ3v) is 5.15. The second-order valence-electron chi connectivity index (χ2n) is 5.37. The van der Waals surface area contributed by atoms with Gasteiger partial charge in [0.2, 0.25) is 0 Å². The molecule has 1 fully saturated rings. The highest BCUT2D eigenvalue weighted by Gasteiger charge is 2.33. The van der Waals surface area contributed by atoms with E-state index in [2.05, 4.69) is 0 Å². The minimum atomic E-state index is -4.36. The highest BCUT2D eigenvalue weighted by molar-refractivity contribution is 8.13. The van der Waals surface area contributed by atoms with Gasteiger partial charge in [-0.1, -0.05) is 13.8 Å². The van der Waals surface area contributed by atoms with E-state index in [9.17, 15) is 22.0 Å². The predicted octanol–water partition coefficient (Wildman–Crippen LogP) is 2.62. The number of carbonyl (C=O) groups excluding carboxylic acids is 1. The van der Waals surface area contributed by atoms with Crippen LogP contribution in [0.1, 0.15) is 24.2 Å². The van der Waals surface area contributed by atoms with Crippen LogP contribution in [0.5, 0.6) is 0 Å². The van der Waals surface area contributed by atoms with Crippen LogP contribution in [-0.4, -0.2) is 32.3 Å². The Morgan fingerprint density at radius 2 is 1.67 bits per heavy atom. The Morgan fingerprint density at radius 3 is 2.14 bits per heavy atom. The summed E-state index contributed by atoms with van der Waals surface area (Å²) in [5.41, 5.74) is -0.440. The Hall–Kier alpha value is -1.21. The lowest BCUT2D eigenvalue weighted by atomic mass is 10.0.